The number of carbonyl (C=O) groups excluding carboxylic acids is 1. The molecule has 0 aliphatic carbocycles. The number of carbonyl (C=O) groups is 1. The minimum Gasteiger partial charge on any atom is -0.435 e. The Morgan fingerprint density at radius 3 is 2.57 bits per heavy atom. The number of hydrogen-bond donors (Lipinski definition) is 2. The molecule has 1 unspecified atom stereocenters. The summed E-state index contributed by atoms with van der Waals surface area (Å²) < 4.78 is 34.1. The number of aliphatic imine (C=N–C) groups is 1. The van der Waals surface area contributed by atoms with Gasteiger partial charge in [-0.2, -0.15) is 8.78 Å². The van der Waals surface area contributed by atoms with Crippen molar-refractivity contribution in [3.05, 3.63) is 65.2 Å². The molecule has 144 valence electrons. The van der Waals surface area contributed by atoms with Crippen LogP contribution in [0.3, 0.4) is 0 Å². The molecule has 0 aromatic heterocycles. The van der Waals surface area contributed by atoms with Crippen LogP contribution in [-0.2, 0) is 15.1 Å². The number of guanidine groups is 1. The first-order valence-corrected chi connectivity index (χ1v) is 8.26. The smallest absolute Gasteiger partial charge is 0.387 e. The minimum atomic E-state index is -2.94. The first-order valence-electron chi connectivity index (χ1n) is 8.26. The van der Waals surface area contributed by atoms with Crippen LogP contribution in [-0.4, -0.2) is 32.2 Å². The van der Waals surface area contributed by atoms with Gasteiger partial charge in [-0.3, -0.25) is 10.1 Å². The number of nitrogens with zero attached hydrogens (tertiary/aromatic N) is 1. The van der Waals surface area contributed by atoms with Crippen molar-refractivity contribution in [1.82, 2.24) is 5.32 Å². The minimum absolute atomic E-state index is 0.0246. The first-order chi connectivity index (χ1) is 13.5. The Kier molecular flexibility index (Phi) is 5.57. The molecule has 0 saturated heterocycles. The van der Waals surface area contributed by atoms with Gasteiger partial charge in [0.25, 0.3) is 5.91 Å². The SMILES string of the molecule is COCC#Cc1cccc(C2(c3ccc(OC(F)F)cc3)N=C(N)NC2=O)c1. The van der Waals surface area contributed by atoms with E-state index in [-0.39, 0.29) is 18.3 Å². The van der Waals surface area contributed by atoms with Gasteiger partial charge in [0.2, 0.25) is 0 Å². The number of methoxy groups -OCH3 is 1. The number of alkyl halides is 2. The Morgan fingerprint density at radius 1 is 1.21 bits per heavy atom. The van der Waals surface area contributed by atoms with Crippen molar-refractivity contribution in [2.75, 3.05) is 13.7 Å². The van der Waals surface area contributed by atoms with E-state index in [0.717, 1.165) is 0 Å². The number of benzene rings is 2. The van der Waals surface area contributed by atoms with Gasteiger partial charge in [-0.25, -0.2) is 4.99 Å². The molecule has 0 radical (unpaired) electrons. The Balaban J connectivity index is 2.07. The van der Waals surface area contributed by atoms with E-state index in [4.69, 9.17) is 10.5 Å². The summed E-state index contributed by atoms with van der Waals surface area (Å²) in [5, 5.41) is 2.50. The zero-order chi connectivity index (χ0) is 20.1. The van der Waals surface area contributed by atoms with Gasteiger partial charge < -0.3 is 15.2 Å². The van der Waals surface area contributed by atoms with E-state index in [1.165, 1.54) is 24.3 Å². The summed E-state index contributed by atoms with van der Waals surface area (Å²) in [7, 11) is 1.54. The third-order valence-corrected chi connectivity index (χ3v) is 4.09. The van der Waals surface area contributed by atoms with Crippen molar-refractivity contribution in [2.45, 2.75) is 12.2 Å². The van der Waals surface area contributed by atoms with Crippen LogP contribution in [0.2, 0.25) is 0 Å². The Morgan fingerprint density at radius 2 is 1.96 bits per heavy atom. The van der Waals surface area contributed by atoms with Crippen LogP contribution in [0.5, 0.6) is 5.75 Å². The summed E-state index contributed by atoms with van der Waals surface area (Å²) in [5.74, 6) is 5.28. The van der Waals surface area contributed by atoms with Crippen molar-refractivity contribution < 1.29 is 23.0 Å². The third-order valence-electron chi connectivity index (χ3n) is 4.09. The molecule has 1 heterocycles. The summed E-state index contributed by atoms with van der Waals surface area (Å²) in [6.07, 6.45) is 0. The van der Waals surface area contributed by atoms with E-state index >= 15 is 0 Å². The fraction of sp³-hybridized carbons (Fsp3) is 0.200. The van der Waals surface area contributed by atoms with E-state index in [2.05, 4.69) is 26.9 Å². The monoisotopic (exact) mass is 385 g/mol. The predicted molar refractivity (Wildman–Crippen MR) is 98.8 cm³/mol. The average Bonchev–Trinajstić information content (AvgIpc) is 2.97. The molecular formula is C20H17F2N3O3. The maximum Gasteiger partial charge on any atom is 0.387 e. The van der Waals surface area contributed by atoms with Crippen LogP contribution in [0.15, 0.2) is 53.5 Å². The van der Waals surface area contributed by atoms with Crippen molar-refractivity contribution in [2.24, 2.45) is 10.7 Å². The highest BCUT2D eigenvalue weighted by Crippen LogP contribution is 2.37. The number of nitrogens with one attached hydrogen (secondary N) is 1. The fourth-order valence-corrected chi connectivity index (χ4v) is 2.93. The van der Waals surface area contributed by atoms with Crippen LogP contribution in [0.1, 0.15) is 16.7 Å². The van der Waals surface area contributed by atoms with Crippen LogP contribution in [0.25, 0.3) is 0 Å². The molecule has 0 saturated carbocycles. The van der Waals surface area contributed by atoms with Crippen molar-refractivity contribution in [3.8, 4) is 17.6 Å². The van der Waals surface area contributed by atoms with Crippen molar-refractivity contribution in [1.29, 1.82) is 0 Å². The lowest BCUT2D eigenvalue weighted by Gasteiger charge is -2.25. The summed E-state index contributed by atoms with van der Waals surface area (Å²) in [4.78, 5) is 17.2. The molecule has 1 atom stereocenters. The number of amides is 1. The molecule has 2 aromatic carbocycles. The van der Waals surface area contributed by atoms with Gasteiger partial charge in [0.15, 0.2) is 11.5 Å². The summed E-state index contributed by atoms with van der Waals surface area (Å²) in [6.45, 7) is -2.67. The standard InChI is InChI=1S/C20H17F2N3O3/c1-27-11-3-5-13-4-2-6-15(12-13)20(17(26)24-19(23)25-20)14-7-9-16(10-8-14)28-18(21)22/h2,4,6-10,12,18H,11H2,1H3,(H3,23,24,25,26). The lowest BCUT2D eigenvalue weighted by molar-refractivity contribution is -0.122. The van der Waals surface area contributed by atoms with Gasteiger partial charge >= 0.3 is 6.61 Å². The molecule has 0 fully saturated rings. The number of halogens is 2. The fourth-order valence-electron chi connectivity index (χ4n) is 2.93. The van der Waals surface area contributed by atoms with Gasteiger partial charge in [0.05, 0.1) is 0 Å². The quantitative estimate of drug-likeness (QED) is 0.771. The second-order valence-electron chi connectivity index (χ2n) is 5.88. The second kappa shape index (κ2) is 8.06. The third kappa shape index (κ3) is 3.80. The van der Waals surface area contributed by atoms with Crippen molar-refractivity contribution in [3.63, 3.8) is 0 Å². The Bertz CT molecular complexity index is 965. The average molecular weight is 385 g/mol. The maximum atomic E-state index is 12.8. The predicted octanol–water partition coefficient (Wildman–Crippen LogP) is 1.97. The Labute approximate surface area is 160 Å². The van der Waals surface area contributed by atoms with Crippen LogP contribution >= 0.6 is 0 Å². The van der Waals surface area contributed by atoms with Crippen molar-refractivity contribution >= 4 is 11.9 Å². The molecule has 1 aliphatic heterocycles. The highest BCUT2D eigenvalue weighted by molar-refractivity contribution is 6.09. The van der Waals surface area contributed by atoms with Gasteiger partial charge in [-0.1, -0.05) is 36.1 Å². The van der Waals surface area contributed by atoms with Crippen LogP contribution < -0.4 is 15.8 Å². The summed E-state index contributed by atoms with van der Waals surface area (Å²) >= 11 is 0. The molecule has 2 aromatic rings. The first kappa shape index (κ1) is 19.3. The lowest BCUT2D eigenvalue weighted by Crippen LogP contribution is -2.39. The van der Waals surface area contributed by atoms with Gasteiger partial charge in [0.1, 0.15) is 12.4 Å². The van der Waals surface area contributed by atoms with Gasteiger partial charge in [0, 0.05) is 12.7 Å². The number of hydrogen-bond acceptors (Lipinski definition) is 5. The highest BCUT2D eigenvalue weighted by atomic mass is 19.3. The molecular weight excluding hydrogens is 368 g/mol. The Hall–Kier alpha value is -3.44. The van der Waals surface area contributed by atoms with Gasteiger partial charge in [-0.05, 0) is 35.4 Å². The summed E-state index contributed by atoms with van der Waals surface area (Å²) in [6, 6.07) is 12.7. The normalized spacial score (nSPS) is 18.3. The molecule has 6 nitrogen and oxygen atoms in total. The molecule has 8 heteroatoms. The second-order valence-corrected chi connectivity index (χ2v) is 5.88. The van der Waals surface area contributed by atoms with Gasteiger partial charge in [-0.15, -0.1) is 0 Å². The molecule has 3 rings (SSSR count). The largest absolute Gasteiger partial charge is 0.435 e. The molecule has 0 bridgehead atoms. The maximum absolute atomic E-state index is 12.8. The molecule has 1 aliphatic rings. The van der Waals surface area contributed by atoms with E-state index in [0.29, 0.717) is 16.7 Å². The summed E-state index contributed by atoms with van der Waals surface area (Å²) in [5.41, 5.74) is 5.96. The number of nitrogens with two attached hydrogens (primary N) is 1. The zero-order valence-corrected chi connectivity index (χ0v) is 14.9. The topological polar surface area (TPSA) is 85.9 Å². The highest BCUT2D eigenvalue weighted by Gasteiger charge is 2.46. The van der Waals surface area contributed by atoms with E-state index < -0.39 is 18.1 Å². The lowest BCUT2D eigenvalue weighted by atomic mass is 9.82. The van der Waals surface area contributed by atoms with Crippen LogP contribution in [0.4, 0.5) is 8.78 Å². The van der Waals surface area contributed by atoms with E-state index in [1.54, 1.807) is 31.4 Å². The van der Waals surface area contributed by atoms with Crippen LogP contribution in [0, 0.1) is 11.8 Å². The zero-order valence-electron chi connectivity index (χ0n) is 14.9. The molecule has 28 heavy (non-hydrogen) atoms. The number of rotatable bonds is 5. The molecule has 3 N–H and O–H groups in total. The number of ether oxygens (including phenoxy) is 2. The molecule has 1 amide bonds. The molecule has 0 spiro atoms. The van der Waals surface area contributed by atoms with E-state index in [9.17, 15) is 13.6 Å². The van der Waals surface area contributed by atoms with E-state index in [1.807, 2.05) is 0 Å².